The Bertz CT molecular complexity index is 1430. The molecule has 0 bridgehead atoms. The number of likely N-dealkylation sites (tertiary alicyclic amines) is 1. The molecule has 2 aliphatic rings. The molecule has 2 aliphatic heterocycles. The number of anilines is 1. The van der Waals surface area contributed by atoms with E-state index < -0.39 is 56.0 Å². The molecule has 4 rings (SSSR count). The molecule has 0 aromatic heterocycles. The molecule has 2 aromatic carbocycles. The van der Waals surface area contributed by atoms with Gasteiger partial charge in [0.2, 0.25) is 5.91 Å². The lowest BCUT2D eigenvalue weighted by Gasteiger charge is -2.41. The van der Waals surface area contributed by atoms with Gasteiger partial charge in [0.15, 0.2) is 6.29 Å². The molecule has 0 aliphatic carbocycles. The largest absolute Gasteiger partial charge is 0.872 e. The molecule has 242 valence electrons. The predicted octanol–water partition coefficient (Wildman–Crippen LogP) is 2.46. The number of rotatable bonds is 9. The van der Waals surface area contributed by atoms with E-state index in [4.69, 9.17) is 9.47 Å². The maximum atomic E-state index is 13.0. The summed E-state index contributed by atoms with van der Waals surface area (Å²) in [7, 11) is -5.48. The van der Waals surface area contributed by atoms with Crippen LogP contribution < -0.4 is 15.7 Å². The van der Waals surface area contributed by atoms with Gasteiger partial charge in [-0.15, -0.1) is 5.75 Å². The number of aliphatic hydroxyl groups excluding tert-OH is 1. The summed E-state index contributed by atoms with van der Waals surface area (Å²) in [5, 5.41) is 27.6. The number of nitrogens with zero attached hydrogens (tertiary/aromatic N) is 1. The molecular weight excluding hydrogens is 607 g/mol. The first-order valence-electron chi connectivity index (χ1n) is 14.0. The van der Waals surface area contributed by atoms with Crippen LogP contribution in [-0.2, 0) is 28.9 Å². The molecule has 2 fully saturated rings. The normalized spacial score (nSPS) is 21.8. The highest BCUT2D eigenvalue weighted by atomic mass is 32.2. The van der Waals surface area contributed by atoms with Crippen LogP contribution in [0.2, 0.25) is 0 Å². The Labute approximate surface area is 253 Å². The van der Waals surface area contributed by atoms with E-state index in [1.165, 1.54) is 29.2 Å². The minimum atomic E-state index is -5.48. The quantitative estimate of drug-likeness (QED) is 0.374. The van der Waals surface area contributed by atoms with Crippen LogP contribution in [0, 0.1) is 5.41 Å². The number of amides is 2. The lowest BCUT2D eigenvalue weighted by atomic mass is 9.85. The van der Waals surface area contributed by atoms with E-state index >= 15 is 0 Å². The summed E-state index contributed by atoms with van der Waals surface area (Å²) in [5.41, 5.74) is -5.27. The molecule has 2 unspecified atom stereocenters. The summed E-state index contributed by atoms with van der Waals surface area (Å²) in [4.78, 5) is 26.4. The number of alkyl halides is 3. The van der Waals surface area contributed by atoms with Crippen molar-refractivity contribution in [2.75, 3.05) is 31.6 Å². The number of carbonyl (C=O) groups excluding carboxylic acids is 2. The lowest BCUT2D eigenvalue weighted by molar-refractivity contribution is -0.269. The van der Waals surface area contributed by atoms with Crippen molar-refractivity contribution in [2.24, 2.45) is 5.41 Å². The van der Waals surface area contributed by atoms with Crippen molar-refractivity contribution in [3.8, 4) is 5.75 Å². The summed E-state index contributed by atoms with van der Waals surface area (Å²) in [6.45, 7) is 4.38. The minimum absolute atomic E-state index is 0.00722. The standard InChI is InChI=1S/C29H36F3N3O8S/c1-28(2)17-42-27(18-6-8-21(36)9-7-18)43-24(28)25(38)33-13-10-23(37)26(39)35-14-11-19(12-15-35)34-20-4-3-5-22(16-20)44(40,41)29(30,31)32/h3-9,16,19,23-24,27,34,36-37H,10-15,17H2,1-2H3,(H,33,38)/p-1/t23?,24-,27?/m0/s1. The molecule has 2 aromatic rings. The Morgan fingerprint density at radius 1 is 1.14 bits per heavy atom. The zero-order chi connectivity index (χ0) is 32.3. The van der Waals surface area contributed by atoms with E-state index in [0.717, 1.165) is 12.1 Å². The number of benzene rings is 2. The third-order valence-corrected chi connectivity index (χ3v) is 9.08. The summed E-state index contributed by atoms with van der Waals surface area (Å²) < 4.78 is 73.8. The van der Waals surface area contributed by atoms with Crippen molar-refractivity contribution in [3.05, 3.63) is 54.1 Å². The van der Waals surface area contributed by atoms with Crippen molar-refractivity contribution in [3.63, 3.8) is 0 Å². The van der Waals surface area contributed by atoms with Gasteiger partial charge in [-0.05, 0) is 37.5 Å². The number of carbonyl (C=O) groups is 2. The van der Waals surface area contributed by atoms with Crippen molar-refractivity contribution in [1.29, 1.82) is 0 Å². The summed E-state index contributed by atoms with van der Waals surface area (Å²) >= 11 is 0. The number of ether oxygens (including phenoxy) is 2. The van der Waals surface area contributed by atoms with E-state index in [1.807, 2.05) is 13.8 Å². The Kier molecular flexibility index (Phi) is 10.1. The number of hydrogen-bond acceptors (Lipinski definition) is 9. The first-order chi connectivity index (χ1) is 20.6. The van der Waals surface area contributed by atoms with E-state index in [2.05, 4.69) is 10.6 Å². The van der Waals surface area contributed by atoms with E-state index in [1.54, 1.807) is 12.1 Å². The Balaban J connectivity index is 1.23. The van der Waals surface area contributed by atoms with Gasteiger partial charge in [0.25, 0.3) is 15.7 Å². The van der Waals surface area contributed by atoms with Gasteiger partial charge in [-0.1, -0.05) is 44.2 Å². The van der Waals surface area contributed by atoms with Crippen LogP contribution >= 0.6 is 0 Å². The molecule has 0 spiro atoms. The van der Waals surface area contributed by atoms with Crippen LogP contribution in [0.25, 0.3) is 0 Å². The molecule has 2 heterocycles. The maximum Gasteiger partial charge on any atom is 0.501 e. The zero-order valence-electron chi connectivity index (χ0n) is 24.2. The first kappa shape index (κ1) is 33.5. The van der Waals surface area contributed by atoms with Gasteiger partial charge in [-0.2, -0.15) is 13.2 Å². The van der Waals surface area contributed by atoms with Gasteiger partial charge < -0.3 is 35.2 Å². The van der Waals surface area contributed by atoms with Crippen LogP contribution in [-0.4, -0.2) is 80.2 Å². The molecule has 0 radical (unpaired) electrons. The lowest BCUT2D eigenvalue weighted by Crippen LogP contribution is -2.52. The smallest absolute Gasteiger partial charge is 0.501 e. The number of nitrogens with one attached hydrogen (secondary N) is 2. The second-order valence-electron chi connectivity index (χ2n) is 11.5. The van der Waals surface area contributed by atoms with Gasteiger partial charge in [-0.25, -0.2) is 8.42 Å². The van der Waals surface area contributed by atoms with Crippen LogP contribution in [0.15, 0.2) is 53.4 Å². The number of sulfone groups is 1. The molecule has 2 saturated heterocycles. The summed E-state index contributed by atoms with van der Waals surface area (Å²) in [5.74, 6) is -1.11. The zero-order valence-corrected chi connectivity index (χ0v) is 25.0. The Morgan fingerprint density at radius 2 is 1.80 bits per heavy atom. The first-order valence-corrected chi connectivity index (χ1v) is 15.5. The molecule has 44 heavy (non-hydrogen) atoms. The number of piperidine rings is 1. The fourth-order valence-electron chi connectivity index (χ4n) is 5.06. The average Bonchev–Trinajstić information content (AvgIpc) is 2.97. The molecule has 3 atom stereocenters. The third kappa shape index (κ3) is 7.81. The van der Waals surface area contributed by atoms with Gasteiger partial charge in [0.1, 0.15) is 12.2 Å². The summed E-state index contributed by atoms with van der Waals surface area (Å²) in [6.07, 6.45) is -2.30. The van der Waals surface area contributed by atoms with Gasteiger partial charge in [-0.3, -0.25) is 9.59 Å². The van der Waals surface area contributed by atoms with E-state index in [0.29, 0.717) is 18.4 Å². The second-order valence-corrected chi connectivity index (χ2v) is 13.5. The molecule has 2 amide bonds. The third-order valence-electron chi connectivity index (χ3n) is 7.60. The molecule has 0 saturated carbocycles. The molecule has 11 nitrogen and oxygen atoms in total. The fourth-order valence-corrected chi connectivity index (χ4v) is 5.86. The van der Waals surface area contributed by atoms with Crippen molar-refractivity contribution in [1.82, 2.24) is 10.2 Å². The van der Waals surface area contributed by atoms with Crippen molar-refractivity contribution in [2.45, 2.75) is 68.1 Å². The highest BCUT2D eigenvalue weighted by molar-refractivity contribution is 7.92. The number of halogens is 3. The minimum Gasteiger partial charge on any atom is -0.872 e. The van der Waals surface area contributed by atoms with Gasteiger partial charge in [0, 0.05) is 42.3 Å². The monoisotopic (exact) mass is 642 g/mol. The van der Waals surface area contributed by atoms with Crippen molar-refractivity contribution >= 4 is 27.3 Å². The Hall–Kier alpha value is -3.40. The van der Waals surface area contributed by atoms with Crippen LogP contribution in [0.5, 0.6) is 5.75 Å². The van der Waals surface area contributed by atoms with Crippen LogP contribution in [0.1, 0.15) is 45.0 Å². The topological polar surface area (TPSA) is 157 Å². The Morgan fingerprint density at radius 3 is 2.43 bits per heavy atom. The van der Waals surface area contributed by atoms with Crippen LogP contribution in [0.4, 0.5) is 18.9 Å². The fraction of sp³-hybridized carbons (Fsp3) is 0.517. The van der Waals surface area contributed by atoms with Crippen LogP contribution in [0.3, 0.4) is 0 Å². The second kappa shape index (κ2) is 13.3. The van der Waals surface area contributed by atoms with Crippen molar-refractivity contribution < 1.29 is 50.9 Å². The summed E-state index contributed by atoms with van der Waals surface area (Å²) in [6, 6.07) is 10.2. The predicted molar refractivity (Wildman–Crippen MR) is 150 cm³/mol. The maximum absolute atomic E-state index is 13.0. The molecule has 3 N–H and O–H groups in total. The van der Waals surface area contributed by atoms with E-state index in [-0.39, 0.29) is 50.1 Å². The molecular formula is C29H35F3N3O8S-. The van der Waals surface area contributed by atoms with Gasteiger partial charge >= 0.3 is 5.51 Å². The SMILES string of the molecule is CC1(C)COC(c2ccc([O-])cc2)O[C@H]1C(=O)NCCC(O)C(=O)N1CCC(Nc2cccc(S(=O)(=O)C(F)(F)F)c2)CC1. The average molecular weight is 643 g/mol. The number of hydrogen-bond donors (Lipinski definition) is 3. The number of aliphatic hydroxyl groups is 1. The molecule has 15 heteroatoms. The highest BCUT2D eigenvalue weighted by Gasteiger charge is 2.47. The van der Waals surface area contributed by atoms with Gasteiger partial charge in [0.05, 0.1) is 11.5 Å². The highest BCUT2D eigenvalue weighted by Crippen LogP contribution is 2.37. The van der Waals surface area contributed by atoms with E-state index in [9.17, 15) is 41.4 Å².